The van der Waals surface area contributed by atoms with E-state index in [1.807, 2.05) is 55.5 Å². The Kier molecular flexibility index (Phi) is 5.46. The lowest BCUT2D eigenvalue weighted by Gasteiger charge is -2.00. The smallest absolute Gasteiger partial charge is 0.295 e. The fraction of sp³-hybridized carbons (Fsp3) is 0.0833. The van der Waals surface area contributed by atoms with Gasteiger partial charge in [0.1, 0.15) is 0 Å². The first-order valence-corrected chi connectivity index (χ1v) is 11.7. The predicted molar refractivity (Wildman–Crippen MR) is 129 cm³/mol. The molecule has 0 saturated carbocycles. The van der Waals surface area contributed by atoms with Gasteiger partial charge >= 0.3 is 0 Å². The molecule has 0 unspecified atom stereocenters. The van der Waals surface area contributed by atoms with Crippen LogP contribution in [0, 0.1) is 6.92 Å². The lowest BCUT2D eigenvalue weighted by molar-refractivity contribution is 0.0995. The summed E-state index contributed by atoms with van der Waals surface area (Å²) in [4.78, 5) is 20.0. The van der Waals surface area contributed by atoms with Crippen LogP contribution in [0.25, 0.3) is 21.1 Å². The normalized spacial score (nSPS) is 11.7. The average Bonchev–Trinajstić information content (AvgIpc) is 3.36. The van der Waals surface area contributed by atoms with Crippen LogP contribution in [0.4, 0.5) is 5.69 Å². The van der Waals surface area contributed by atoms with Crippen LogP contribution in [0.3, 0.4) is 0 Å². The van der Waals surface area contributed by atoms with E-state index in [9.17, 15) is 9.90 Å². The number of thioether (sulfide) groups is 1. The third-order valence-electron chi connectivity index (χ3n) is 4.99. The van der Waals surface area contributed by atoms with Crippen LogP contribution in [0.5, 0.6) is 5.88 Å². The summed E-state index contributed by atoms with van der Waals surface area (Å²) in [5.74, 6) is 0.194. The first kappa shape index (κ1) is 20.4. The molecule has 0 saturated heterocycles. The highest BCUT2D eigenvalue weighted by molar-refractivity contribution is 8.00. The van der Waals surface area contributed by atoms with Crippen molar-refractivity contribution in [3.05, 3.63) is 83.4 Å². The molecule has 158 valence electrons. The van der Waals surface area contributed by atoms with Crippen LogP contribution in [0.15, 0.2) is 81.3 Å². The minimum atomic E-state index is -0.461. The Bertz CT molecular complexity index is 1440. The van der Waals surface area contributed by atoms with E-state index < -0.39 is 5.91 Å². The van der Waals surface area contributed by atoms with E-state index in [1.54, 1.807) is 35.2 Å². The Morgan fingerprint density at radius 2 is 1.94 bits per heavy atom. The van der Waals surface area contributed by atoms with Crippen molar-refractivity contribution in [1.29, 1.82) is 0 Å². The number of fused-ring (bicyclic) bond motifs is 2. The van der Waals surface area contributed by atoms with Gasteiger partial charge in [0.15, 0.2) is 10.0 Å². The molecule has 2 N–H and O–H groups in total. The second kappa shape index (κ2) is 8.57. The quantitative estimate of drug-likeness (QED) is 0.219. The zero-order chi connectivity index (χ0) is 22.1. The number of rotatable bonds is 5. The number of hydrogen-bond acceptors (Lipinski definition) is 6. The summed E-state index contributed by atoms with van der Waals surface area (Å²) in [5, 5.41) is 18.7. The zero-order valence-electron chi connectivity index (χ0n) is 17.1. The third kappa shape index (κ3) is 4.15. The number of hydrogen-bond donors (Lipinski definition) is 2. The summed E-state index contributed by atoms with van der Waals surface area (Å²) >= 11 is 3.35. The number of para-hydroxylation sites is 1. The number of benzene rings is 3. The lowest BCUT2D eigenvalue weighted by Crippen LogP contribution is -1.94. The molecule has 0 aliphatic carbocycles. The van der Waals surface area contributed by atoms with Crippen molar-refractivity contribution in [1.82, 2.24) is 9.97 Å². The van der Waals surface area contributed by atoms with Crippen molar-refractivity contribution in [2.75, 3.05) is 0 Å². The first-order chi connectivity index (χ1) is 15.6. The maximum Gasteiger partial charge on any atom is 0.295 e. The summed E-state index contributed by atoms with van der Waals surface area (Å²) in [6.07, 6.45) is 0. The lowest BCUT2D eigenvalue weighted by atomic mass is 10.1. The maximum absolute atomic E-state index is 12.5. The number of thiazole rings is 1. The summed E-state index contributed by atoms with van der Waals surface area (Å²) in [6, 6.07) is 21.1. The first-order valence-electron chi connectivity index (χ1n) is 9.91. The van der Waals surface area contributed by atoms with Gasteiger partial charge in [0.05, 0.1) is 15.7 Å². The SMILES string of the molecule is Cc1ccc2[nH]c(O)c(N=NC(=O)c3ccc(CSc4nc5ccccc5s4)cc3)c2c1. The minimum Gasteiger partial charge on any atom is -0.493 e. The number of carbonyl (C=O) groups excluding carboxylic acids is 1. The largest absolute Gasteiger partial charge is 0.493 e. The molecule has 6 nitrogen and oxygen atoms in total. The molecule has 0 radical (unpaired) electrons. The third-order valence-corrected chi connectivity index (χ3v) is 7.24. The second-order valence-corrected chi connectivity index (χ2v) is 9.56. The van der Waals surface area contributed by atoms with Gasteiger partial charge in [-0.2, -0.15) is 0 Å². The number of amides is 1. The molecular weight excluding hydrogens is 440 g/mol. The van der Waals surface area contributed by atoms with Gasteiger partial charge in [0.2, 0.25) is 5.88 Å². The van der Waals surface area contributed by atoms with Crippen LogP contribution in [-0.4, -0.2) is 21.0 Å². The van der Waals surface area contributed by atoms with E-state index >= 15 is 0 Å². The van der Waals surface area contributed by atoms with Crippen LogP contribution < -0.4 is 0 Å². The van der Waals surface area contributed by atoms with E-state index in [0.717, 1.165) is 37.6 Å². The van der Waals surface area contributed by atoms with Crippen LogP contribution in [0.2, 0.25) is 0 Å². The molecule has 0 aliphatic rings. The highest BCUT2D eigenvalue weighted by atomic mass is 32.2. The molecule has 8 heteroatoms. The fourth-order valence-electron chi connectivity index (χ4n) is 3.33. The van der Waals surface area contributed by atoms with Crippen molar-refractivity contribution >= 4 is 55.8 Å². The molecule has 32 heavy (non-hydrogen) atoms. The molecule has 0 fully saturated rings. The fourth-order valence-corrected chi connectivity index (χ4v) is 5.36. The van der Waals surface area contributed by atoms with Gasteiger partial charge < -0.3 is 10.1 Å². The summed E-state index contributed by atoms with van der Waals surface area (Å²) in [6.45, 7) is 1.95. The maximum atomic E-state index is 12.5. The molecule has 0 spiro atoms. The van der Waals surface area contributed by atoms with Crippen molar-refractivity contribution in [3.8, 4) is 5.88 Å². The topological polar surface area (TPSA) is 90.7 Å². The monoisotopic (exact) mass is 458 g/mol. The number of nitrogens with zero attached hydrogens (tertiary/aromatic N) is 3. The number of aryl methyl sites for hydroxylation is 1. The molecule has 2 heterocycles. The standard InChI is InChI=1S/C24H18N4O2S2/c1-14-6-11-18-17(12-14)21(23(30)25-18)27-28-22(29)16-9-7-15(8-10-16)13-31-24-26-19-4-2-3-5-20(19)32-24/h2-12,25,30H,13H2,1H3. The van der Waals surface area contributed by atoms with Gasteiger partial charge in [-0.15, -0.1) is 21.6 Å². The number of carbonyl (C=O) groups is 1. The Morgan fingerprint density at radius 3 is 2.75 bits per heavy atom. The number of H-pyrrole nitrogens is 1. The van der Waals surface area contributed by atoms with Crippen LogP contribution in [0.1, 0.15) is 21.5 Å². The molecular formula is C24H18N4O2S2. The van der Waals surface area contributed by atoms with Crippen LogP contribution in [-0.2, 0) is 5.75 Å². The van der Waals surface area contributed by atoms with Gasteiger partial charge in [-0.1, -0.05) is 47.7 Å². The van der Waals surface area contributed by atoms with Crippen molar-refractivity contribution in [2.45, 2.75) is 17.0 Å². The molecule has 1 amide bonds. The van der Waals surface area contributed by atoms with Gasteiger partial charge in [-0.05, 0) is 48.9 Å². The second-order valence-electron chi connectivity index (χ2n) is 7.31. The van der Waals surface area contributed by atoms with Gasteiger partial charge in [-0.25, -0.2) is 4.98 Å². The number of azo groups is 1. The summed E-state index contributed by atoms with van der Waals surface area (Å²) in [5.41, 5.74) is 4.58. The van der Waals surface area contributed by atoms with Gasteiger partial charge in [-0.3, -0.25) is 4.79 Å². The average molecular weight is 459 g/mol. The van der Waals surface area contributed by atoms with E-state index in [-0.39, 0.29) is 11.6 Å². The summed E-state index contributed by atoms with van der Waals surface area (Å²) in [7, 11) is 0. The molecule has 5 rings (SSSR count). The Morgan fingerprint density at radius 1 is 1.12 bits per heavy atom. The van der Waals surface area contributed by atoms with Crippen molar-refractivity contribution in [2.24, 2.45) is 10.2 Å². The Balaban J connectivity index is 1.27. The van der Waals surface area contributed by atoms with E-state index in [2.05, 4.69) is 26.3 Å². The van der Waals surface area contributed by atoms with E-state index in [1.165, 1.54) is 4.70 Å². The summed E-state index contributed by atoms with van der Waals surface area (Å²) < 4.78 is 2.20. The molecule has 0 atom stereocenters. The number of aromatic nitrogens is 2. The molecule has 2 aromatic heterocycles. The predicted octanol–water partition coefficient (Wildman–Crippen LogP) is 7.01. The van der Waals surface area contributed by atoms with Gasteiger partial charge in [0, 0.05) is 16.7 Å². The van der Waals surface area contributed by atoms with Crippen molar-refractivity contribution < 1.29 is 9.90 Å². The van der Waals surface area contributed by atoms with Crippen molar-refractivity contribution in [3.63, 3.8) is 0 Å². The Hall–Kier alpha value is -3.49. The molecule has 0 aliphatic heterocycles. The number of nitrogens with one attached hydrogen (secondary N) is 1. The van der Waals surface area contributed by atoms with Gasteiger partial charge in [0.25, 0.3) is 5.91 Å². The van der Waals surface area contributed by atoms with E-state index in [4.69, 9.17) is 0 Å². The highest BCUT2D eigenvalue weighted by Gasteiger charge is 2.12. The molecule has 5 aromatic rings. The number of aromatic amines is 1. The number of aromatic hydroxyl groups is 1. The highest BCUT2D eigenvalue weighted by Crippen LogP contribution is 2.36. The van der Waals surface area contributed by atoms with E-state index in [0.29, 0.717) is 5.56 Å². The molecule has 3 aromatic carbocycles. The zero-order valence-corrected chi connectivity index (χ0v) is 18.7. The van der Waals surface area contributed by atoms with Crippen LogP contribution >= 0.6 is 23.1 Å². The minimum absolute atomic E-state index is 0.107. The molecule has 0 bridgehead atoms. The Labute approximate surface area is 192 Å².